The van der Waals surface area contributed by atoms with Crippen molar-refractivity contribution in [1.82, 2.24) is 14.5 Å². The van der Waals surface area contributed by atoms with Crippen LogP contribution in [0.25, 0.3) is 22.0 Å². The highest BCUT2D eigenvalue weighted by Gasteiger charge is 2.21. The summed E-state index contributed by atoms with van der Waals surface area (Å²) in [5.41, 5.74) is 6.17. The highest BCUT2D eigenvalue weighted by Crippen LogP contribution is 2.39. The van der Waals surface area contributed by atoms with E-state index in [9.17, 15) is 4.79 Å². The fourth-order valence-electron chi connectivity index (χ4n) is 3.42. The number of hydrogen-bond acceptors (Lipinski definition) is 3. The lowest BCUT2D eigenvalue weighted by atomic mass is 9.96. The van der Waals surface area contributed by atoms with Crippen LogP contribution in [0.3, 0.4) is 0 Å². The van der Waals surface area contributed by atoms with Crippen LogP contribution in [-0.2, 0) is 11.3 Å². The van der Waals surface area contributed by atoms with Gasteiger partial charge < -0.3 is 9.36 Å². The molecule has 0 spiro atoms. The average molecular weight is 342 g/mol. The molecular formula is C19H20ClN3O. The van der Waals surface area contributed by atoms with Gasteiger partial charge in [0.25, 0.3) is 0 Å². The summed E-state index contributed by atoms with van der Waals surface area (Å²) in [6.45, 7) is 8.59. The summed E-state index contributed by atoms with van der Waals surface area (Å²) in [6.07, 6.45) is 4.36. The Morgan fingerprint density at radius 1 is 1.29 bits per heavy atom. The molecule has 5 heteroatoms. The maximum atomic E-state index is 11.2. The smallest absolute Gasteiger partial charge is 0.139 e. The first-order valence-electron chi connectivity index (χ1n) is 7.98. The molecule has 0 atom stereocenters. The third kappa shape index (κ3) is 2.61. The number of aromatic nitrogens is 3. The molecule has 4 nitrogen and oxygen atoms in total. The Bertz CT molecular complexity index is 928. The van der Waals surface area contributed by atoms with E-state index in [-0.39, 0.29) is 5.92 Å². The van der Waals surface area contributed by atoms with Crippen molar-refractivity contribution < 1.29 is 4.79 Å². The number of fused-ring (bicyclic) bond motifs is 1. The van der Waals surface area contributed by atoms with E-state index in [0.717, 1.165) is 45.3 Å². The summed E-state index contributed by atoms with van der Waals surface area (Å²) in [5, 5.41) is 1.73. The van der Waals surface area contributed by atoms with E-state index < -0.39 is 0 Å². The van der Waals surface area contributed by atoms with Crippen molar-refractivity contribution in [3.63, 3.8) is 0 Å². The van der Waals surface area contributed by atoms with Gasteiger partial charge in [0.05, 0.1) is 17.8 Å². The fraction of sp³-hybridized carbons (Fsp3) is 0.316. The Morgan fingerprint density at radius 2 is 2.04 bits per heavy atom. The summed E-state index contributed by atoms with van der Waals surface area (Å²) in [6, 6.07) is 3.89. The molecule has 0 amide bonds. The number of nitrogens with zero attached hydrogens (tertiary/aromatic N) is 3. The van der Waals surface area contributed by atoms with Gasteiger partial charge in [0.15, 0.2) is 0 Å². The van der Waals surface area contributed by atoms with E-state index in [1.54, 1.807) is 6.33 Å². The monoisotopic (exact) mass is 341 g/mol. The number of halogens is 1. The molecule has 0 fully saturated rings. The number of aryl methyl sites for hydroxylation is 1. The zero-order valence-electron chi connectivity index (χ0n) is 14.3. The van der Waals surface area contributed by atoms with Crippen LogP contribution in [0, 0.1) is 13.8 Å². The predicted octanol–water partition coefficient (Wildman–Crippen LogP) is 4.69. The predicted molar refractivity (Wildman–Crippen MR) is 97.6 cm³/mol. The van der Waals surface area contributed by atoms with Crippen molar-refractivity contribution in [1.29, 1.82) is 0 Å². The largest absolute Gasteiger partial charge is 0.337 e. The van der Waals surface area contributed by atoms with Gasteiger partial charge >= 0.3 is 0 Å². The van der Waals surface area contributed by atoms with Gasteiger partial charge in [0, 0.05) is 33.4 Å². The van der Waals surface area contributed by atoms with E-state index in [2.05, 4.69) is 23.8 Å². The van der Waals surface area contributed by atoms with Crippen LogP contribution in [0.4, 0.5) is 0 Å². The quantitative estimate of drug-likeness (QED) is 0.647. The average Bonchev–Trinajstić information content (AvgIpc) is 2.80. The van der Waals surface area contributed by atoms with Crippen molar-refractivity contribution in [2.45, 2.75) is 40.2 Å². The van der Waals surface area contributed by atoms with Gasteiger partial charge in [-0.2, -0.15) is 0 Å². The van der Waals surface area contributed by atoms with Crippen LogP contribution in [-0.4, -0.2) is 20.8 Å². The van der Waals surface area contributed by atoms with E-state index in [1.165, 1.54) is 0 Å². The lowest BCUT2D eigenvalue weighted by Crippen LogP contribution is -2.03. The minimum absolute atomic E-state index is 0.271. The van der Waals surface area contributed by atoms with Crippen molar-refractivity contribution in [3.05, 3.63) is 46.6 Å². The molecule has 3 rings (SSSR count). The van der Waals surface area contributed by atoms with Crippen LogP contribution in [0.15, 0.2) is 24.7 Å². The number of aldehydes is 1. The maximum Gasteiger partial charge on any atom is 0.139 e. The first-order valence-corrected chi connectivity index (χ1v) is 8.36. The topological polar surface area (TPSA) is 47.8 Å². The number of carbonyl (C=O) groups is 1. The summed E-state index contributed by atoms with van der Waals surface area (Å²) in [5.74, 6) is 0.271. The van der Waals surface area contributed by atoms with Crippen LogP contribution >= 0.6 is 11.6 Å². The van der Waals surface area contributed by atoms with Crippen LogP contribution in [0.2, 0.25) is 5.02 Å². The van der Waals surface area contributed by atoms with Gasteiger partial charge in [-0.25, -0.2) is 9.97 Å². The van der Waals surface area contributed by atoms with Crippen molar-refractivity contribution >= 4 is 28.8 Å². The second kappa shape index (κ2) is 6.36. The molecule has 24 heavy (non-hydrogen) atoms. The number of carbonyl (C=O) groups excluding carboxylic acids is 1. The molecule has 0 saturated carbocycles. The first kappa shape index (κ1) is 16.7. The van der Waals surface area contributed by atoms with Gasteiger partial charge in [-0.15, -0.1) is 0 Å². The normalized spacial score (nSPS) is 11.4. The Hall–Kier alpha value is -2.20. The summed E-state index contributed by atoms with van der Waals surface area (Å²) in [4.78, 5) is 19.9. The van der Waals surface area contributed by atoms with Crippen molar-refractivity contribution in [2.75, 3.05) is 0 Å². The van der Waals surface area contributed by atoms with Crippen molar-refractivity contribution in [2.24, 2.45) is 0 Å². The molecular weight excluding hydrogens is 322 g/mol. The van der Waals surface area contributed by atoms with E-state index in [4.69, 9.17) is 11.6 Å². The minimum atomic E-state index is 0.271. The van der Waals surface area contributed by atoms with Crippen LogP contribution in [0.5, 0.6) is 0 Å². The zero-order chi connectivity index (χ0) is 17.4. The van der Waals surface area contributed by atoms with Crippen LogP contribution in [0.1, 0.15) is 36.7 Å². The zero-order valence-corrected chi connectivity index (χ0v) is 15.1. The molecule has 0 unspecified atom stereocenters. The molecule has 2 heterocycles. The molecule has 124 valence electrons. The second-order valence-corrected chi connectivity index (χ2v) is 6.77. The van der Waals surface area contributed by atoms with Gasteiger partial charge in [-0.05, 0) is 37.5 Å². The summed E-state index contributed by atoms with van der Waals surface area (Å²) in [7, 11) is 0. The van der Waals surface area contributed by atoms with E-state index >= 15 is 0 Å². The molecule has 3 aromatic rings. The van der Waals surface area contributed by atoms with Gasteiger partial charge in [0.2, 0.25) is 0 Å². The van der Waals surface area contributed by atoms with E-state index in [1.807, 2.05) is 36.7 Å². The standard InChI is InChI=1S/C19H20ClN3O/c1-11(2)18-16(9-21-10-22-18)17-13(4)23(5-6-24)19-12(3)7-14(20)8-15(17)19/h6-11H,5H2,1-4H3. The summed E-state index contributed by atoms with van der Waals surface area (Å²) < 4.78 is 2.04. The molecule has 0 aliphatic carbocycles. The van der Waals surface area contributed by atoms with Gasteiger partial charge in [-0.3, -0.25) is 0 Å². The number of hydrogen-bond donors (Lipinski definition) is 0. The fourth-order valence-corrected chi connectivity index (χ4v) is 3.69. The Balaban J connectivity index is 2.45. The maximum absolute atomic E-state index is 11.2. The molecule has 0 N–H and O–H groups in total. The number of rotatable bonds is 4. The summed E-state index contributed by atoms with van der Waals surface area (Å²) >= 11 is 6.31. The molecule has 1 aromatic carbocycles. The third-order valence-corrected chi connectivity index (χ3v) is 4.61. The molecule has 0 bridgehead atoms. The third-order valence-electron chi connectivity index (χ3n) is 4.39. The minimum Gasteiger partial charge on any atom is -0.337 e. The highest BCUT2D eigenvalue weighted by molar-refractivity contribution is 6.31. The molecule has 0 aliphatic heterocycles. The number of benzene rings is 1. The highest BCUT2D eigenvalue weighted by atomic mass is 35.5. The Labute approximate surface area is 146 Å². The van der Waals surface area contributed by atoms with Gasteiger partial charge in [0.1, 0.15) is 12.6 Å². The SMILES string of the molecule is Cc1cc(Cl)cc2c(-c3cncnc3C(C)C)c(C)n(CC=O)c12. The van der Waals surface area contributed by atoms with Gasteiger partial charge in [-0.1, -0.05) is 25.4 Å². The molecule has 0 saturated heterocycles. The Kier molecular flexibility index (Phi) is 4.41. The second-order valence-electron chi connectivity index (χ2n) is 6.33. The molecule has 2 aromatic heterocycles. The van der Waals surface area contributed by atoms with Crippen LogP contribution < -0.4 is 0 Å². The Morgan fingerprint density at radius 3 is 2.71 bits per heavy atom. The van der Waals surface area contributed by atoms with E-state index in [0.29, 0.717) is 11.6 Å². The van der Waals surface area contributed by atoms with Crippen molar-refractivity contribution in [3.8, 4) is 11.1 Å². The lowest BCUT2D eigenvalue weighted by molar-refractivity contribution is -0.108. The lowest BCUT2D eigenvalue weighted by Gasteiger charge is -2.11. The molecule has 0 radical (unpaired) electrons. The first-order chi connectivity index (χ1) is 11.5. The molecule has 0 aliphatic rings.